The van der Waals surface area contributed by atoms with E-state index in [1.807, 2.05) is 0 Å². The van der Waals surface area contributed by atoms with Gasteiger partial charge in [0.05, 0.1) is 21.4 Å². The summed E-state index contributed by atoms with van der Waals surface area (Å²) in [6.45, 7) is 8.08. The van der Waals surface area contributed by atoms with Crippen LogP contribution in [0.4, 0.5) is 5.00 Å². The highest BCUT2D eigenvalue weighted by atomic mass is 35.5. The summed E-state index contributed by atoms with van der Waals surface area (Å²) in [6, 6.07) is 3.80. The van der Waals surface area contributed by atoms with Crippen molar-refractivity contribution in [2.75, 3.05) is 18.5 Å². The Hall–Kier alpha value is -1.12. The van der Waals surface area contributed by atoms with E-state index in [0.717, 1.165) is 30.0 Å². The Morgan fingerprint density at radius 2 is 2.07 bits per heavy atom. The summed E-state index contributed by atoms with van der Waals surface area (Å²) in [6.07, 6.45) is 0.777. The smallest absolute Gasteiger partial charge is 0.341 e. The first-order valence-corrected chi connectivity index (χ1v) is 10.5. The fourth-order valence-corrected chi connectivity index (χ4v) is 5.17. The van der Waals surface area contributed by atoms with Crippen molar-refractivity contribution >= 4 is 63.6 Å². The Morgan fingerprint density at radius 1 is 1.33 bits per heavy atom. The van der Waals surface area contributed by atoms with E-state index in [4.69, 9.17) is 16.3 Å². The highest BCUT2D eigenvalue weighted by Gasteiger charge is 2.30. The lowest BCUT2D eigenvalue weighted by Gasteiger charge is -2.30. The predicted molar refractivity (Wildman–Crippen MR) is 114 cm³/mol. The molecule has 1 N–H and O–H groups in total. The van der Waals surface area contributed by atoms with Crippen molar-refractivity contribution in [3.8, 4) is 0 Å². The molecule has 9 heteroatoms. The van der Waals surface area contributed by atoms with Crippen molar-refractivity contribution in [2.45, 2.75) is 39.8 Å². The van der Waals surface area contributed by atoms with Gasteiger partial charge in [-0.1, -0.05) is 11.6 Å². The molecule has 2 aromatic heterocycles. The van der Waals surface area contributed by atoms with Crippen LogP contribution in [0.25, 0.3) is 0 Å². The minimum atomic E-state index is -0.373. The molecule has 148 valence electrons. The SMILES string of the molecule is CCOC(=O)c1c(NC(=O)c2ccc(Cl)s2)sc2c1CCN(C(C)C)C2.Cl. The van der Waals surface area contributed by atoms with Crippen LogP contribution in [0.1, 0.15) is 51.2 Å². The molecule has 0 aromatic carbocycles. The first-order chi connectivity index (χ1) is 12.4. The van der Waals surface area contributed by atoms with Gasteiger partial charge in [0, 0.05) is 24.0 Å². The molecule has 0 spiro atoms. The van der Waals surface area contributed by atoms with Crippen LogP contribution in [-0.4, -0.2) is 36.0 Å². The maximum atomic E-state index is 12.5. The van der Waals surface area contributed by atoms with Crippen molar-refractivity contribution < 1.29 is 14.3 Å². The summed E-state index contributed by atoms with van der Waals surface area (Å²) < 4.78 is 5.80. The van der Waals surface area contributed by atoms with E-state index in [-0.39, 0.29) is 24.3 Å². The number of thiophene rings is 2. The Balaban J connectivity index is 0.00000261. The quantitative estimate of drug-likeness (QED) is 0.647. The highest BCUT2D eigenvalue weighted by molar-refractivity contribution is 7.18. The summed E-state index contributed by atoms with van der Waals surface area (Å²) >= 11 is 8.60. The standard InChI is InChI=1S/C18H21ClN2O3S2.ClH/c1-4-24-18(23)15-11-7-8-21(10(2)3)9-13(11)26-17(15)20-16(22)12-5-6-14(19)25-12;/h5-6,10H,4,7-9H2,1-3H3,(H,20,22);1H. The molecule has 27 heavy (non-hydrogen) atoms. The van der Waals surface area contributed by atoms with Gasteiger partial charge in [0.2, 0.25) is 0 Å². The van der Waals surface area contributed by atoms with Crippen LogP contribution in [0.15, 0.2) is 12.1 Å². The van der Waals surface area contributed by atoms with Gasteiger partial charge in [-0.3, -0.25) is 9.69 Å². The molecule has 1 amide bonds. The molecule has 0 fully saturated rings. The van der Waals surface area contributed by atoms with Crippen LogP contribution >= 0.6 is 46.7 Å². The largest absolute Gasteiger partial charge is 0.462 e. The fraction of sp³-hybridized carbons (Fsp3) is 0.444. The third-order valence-corrected chi connectivity index (χ3v) is 6.68. The van der Waals surface area contributed by atoms with Gasteiger partial charge < -0.3 is 10.1 Å². The maximum absolute atomic E-state index is 12.5. The second-order valence-electron chi connectivity index (χ2n) is 6.30. The second-order valence-corrected chi connectivity index (χ2v) is 9.12. The topological polar surface area (TPSA) is 58.6 Å². The summed E-state index contributed by atoms with van der Waals surface area (Å²) in [5.74, 6) is -0.630. The summed E-state index contributed by atoms with van der Waals surface area (Å²) in [7, 11) is 0. The number of carbonyl (C=O) groups excluding carboxylic acids is 2. The highest BCUT2D eigenvalue weighted by Crippen LogP contribution is 2.38. The molecule has 1 aliphatic heterocycles. The first-order valence-electron chi connectivity index (χ1n) is 8.53. The van der Waals surface area contributed by atoms with Gasteiger partial charge in [-0.05, 0) is 44.9 Å². The van der Waals surface area contributed by atoms with Gasteiger partial charge in [-0.2, -0.15) is 0 Å². The van der Waals surface area contributed by atoms with Crippen molar-refractivity contribution in [1.29, 1.82) is 0 Å². The number of esters is 1. The number of amides is 1. The fourth-order valence-electron chi connectivity index (χ4n) is 2.97. The monoisotopic (exact) mass is 448 g/mol. The van der Waals surface area contributed by atoms with Gasteiger partial charge in [-0.15, -0.1) is 35.1 Å². The number of rotatable bonds is 5. The zero-order valence-corrected chi connectivity index (χ0v) is 18.5. The molecular weight excluding hydrogens is 427 g/mol. The van der Waals surface area contributed by atoms with E-state index in [9.17, 15) is 9.59 Å². The Morgan fingerprint density at radius 3 is 2.67 bits per heavy atom. The third-order valence-electron chi connectivity index (χ3n) is 4.32. The lowest BCUT2D eigenvalue weighted by molar-refractivity contribution is 0.0526. The second kappa shape index (κ2) is 9.39. The average molecular weight is 449 g/mol. The number of nitrogens with one attached hydrogen (secondary N) is 1. The van der Waals surface area contributed by atoms with E-state index >= 15 is 0 Å². The zero-order valence-electron chi connectivity index (χ0n) is 15.3. The third kappa shape index (κ3) is 4.84. The Labute approximate surface area is 178 Å². The molecule has 0 saturated carbocycles. The minimum Gasteiger partial charge on any atom is -0.462 e. The van der Waals surface area contributed by atoms with Gasteiger partial charge in [0.15, 0.2) is 0 Å². The molecule has 0 unspecified atom stereocenters. The van der Waals surface area contributed by atoms with Crippen molar-refractivity contribution in [3.63, 3.8) is 0 Å². The van der Waals surface area contributed by atoms with Crippen LogP contribution in [0, 0.1) is 0 Å². The van der Waals surface area contributed by atoms with E-state index in [1.165, 1.54) is 22.7 Å². The van der Waals surface area contributed by atoms with Crippen LogP contribution in [-0.2, 0) is 17.7 Å². The van der Waals surface area contributed by atoms with Crippen LogP contribution in [0.2, 0.25) is 4.34 Å². The van der Waals surface area contributed by atoms with Crippen LogP contribution in [0.5, 0.6) is 0 Å². The van der Waals surface area contributed by atoms with Gasteiger partial charge in [0.1, 0.15) is 5.00 Å². The molecule has 5 nitrogen and oxygen atoms in total. The zero-order chi connectivity index (χ0) is 18.8. The number of anilines is 1. The van der Waals surface area contributed by atoms with E-state index in [2.05, 4.69) is 24.1 Å². The molecule has 0 saturated heterocycles. The van der Waals surface area contributed by atoms with Crippen LogP contribution in [0.3, 0.4) is 0 Å². The molecule has 0 bridgehead atoms. The molecule has 3 rings (SSSR count). The number of fused-ring (bicyclic) bond motifs is 1. The number of halogens is 2. The van der Waals surface area contributed by atoms with Crippen LogP contribution < -0.4 is 5.32 Å². The molecule has 2 aromatic rings. The molecule has 1 aliphatic rings. The molecular formula is C18H22Cl2N2O3S2. The first kappa shape index (κ1) is 22.2. The number of carbonyl (C=O) groups is 2. The minimum absolute atomic E-state index is 0. The van der Waals surface area contributed by atoms with Gasteiger partial charge in [0.25, 0.3) is 5.91 Å². The normalized spacial score (nSPS) is 13.8. The number of ether oxygens (including phenoxy) is 1. The molecule has 0 atom stereocenters. The lowest BCUT2D eigenvalue weighted by atomic mass is 10.0. The molecule has 0 radical (unpaired) electrons. The average Bonchev–Trinajstić information content (AvgIpc) is 3.17. The van der Waals surface area contributed by atoms with Crippen molar-refractivity contribution in [3.05, 3.63) is 37.4 Å². The number of hydrogen-bond acceptors (Lipinski definition) is 6. The van der Waals surface area contributed by atoms with E-state index in [1.54, 1.807) is 19.1 Å². The molecule has 3 heterocycles. The summed E-state index contributed by atoms with van der Waals surface area (Å²) in [5.41, 5.74) is 1.51. The molecule has 0 aliphatic carbocycles. The summed E-state index contributed by atoms with van der Waals surface area (Å²) in [5, 5.41) is 3.46. The van der Waals surface area contributed by atoms with E-state index in [0.29, 0.717) is 32.4 Å². The number of hydrogen-bond donors (Lipinski definition) is 1. The van der Waals surface area contributed by atoms with Crippen molar-refractivity contribution in [1.82, 2.24) is 4.90 Å². The Kier molecular flexibility index (Phi) is 7.71. The predicted octanol–water partition coefficient (Wildman–Crippen LogP) is 5.08. The van der Waals surface area contributed by atoms with Gasteiger partial charge in [-0.25, -0.2) is 4.79 Å². The lowest BCUT2D eigenvalue weighted by Crippen LogP contribution is -2.35. The summed E-state index contributed by atoms with van der Waals surface area (Å²) in [4.78, 5) is 29.1. The van der Waals surface area contributed by atoms with Gasteiger partial charge >= 0.3 is 5.97 Å². The maximum Gasteiger partial charge on any atom is 0.341 e. The Bertz CT molecular complexity index is 833. The number of nitrogens with zero attached hydrogens (tertiary/aromatic N) is 1. The van der Waals surface area contributed by atoms with E-state index < -0.39 is 0 Å². The van der Waals surface area contributed by atoms with Crippen molar-refractivity contribution in [2.24, 2.45) is 0 Å².